The molecule has 1 aromatic carbocycles. The standard InChI is InChI=1S/C14H16N2O3/c1-2-13-15-14(19-16-13)8-18-10-4-5-11-9(7-10)3-6-12(11)17/h4-5,7,12,17H,2-3,6,8H2,1H3. The van der Waals surface area contributed by atoms with E-state index in [1.807, 2.05) is 25.1 Å². The van der Waals surface area contributed by atoms with E-state index >= 15 is 0 Å². The van der Waals surface area contributed by atoms with Crippen LogP contribution >= 0.6 is 0 Å². The SMILES string of the molecule is CCc1noc(COc2ccc3c(c2)CCC3O)n1. The molecule has 100 valence electrons. The first kappa shape index (κ1) is 12.2. The zero-order valence-corrected chi connectivity index (χ0v) is 10.8. The molecule has 1 heterocycles. The number of aromatic nitrogens is 2. The molecule has 3 rings (SSSR count). The molecular formula is C14H16N2O3. The minimum atomic E-state index is -0.327. The van der Waals surface area contributed by atoms with E-state index in [0.717, 1.165) is 36.1 Å². The molecule has 0 amide bonds. The van der Waals surface area contributed by atoms with Crippen LogP contribution in [0.3, 0.4) is 0 Å². The third-order valence-electron chi connectivity index (χ3n) is 3.35. The predicted molar refractivity (Wildman–Crippen MR) is 67.7 cm³/mol. The van der Waals surface area contributed by atoms with Crippen LogP contribution in [0.5, 0.6) is 5.75 Å². The molecule has 0 saturated heterocycles. The van der Waals surface area contributed by atoms with Gasteiger partial charge in [-0.2, -0.15) is 4.98 Å². The summed E-state index contributed by atoms with van der Waals surface area (Å²) in [5.41, 5.74) is 2.17. The van der Waals surface area contributed by atoms with Gasteiger partial charge < -0.3 is 14.4 Å². The Bertz CT molecular complexity index is 580. The zero-order valence-electron chi connectivity index (χ0n) is 10.8. The Hall–Kier alpha value is -1.88. The summed E-state index contributed by atoms with van der Waals surface area (Å²) in [6, 6.07) is 5.76. The second-order valence-corrected chi connectivity index (χ2v) is 4.66. The number of benzene rings is 1. The van der Waals surface area contributed by atoms with Crippen LogP contribution in [0.25, 0.3) is 0 Å². The Balaban J connectivity index is 1.67. The van der Waals surface area contributed by atoms with Gasteiger partial charge in [0.1, 0.15) is 5.75 Å². The zero-order chi connectivity index (χ0) is 13.2. The van der Waals surface area contributed by atoms with Gasteiger partial charge in [-0.05, 0) is 36.1 Å². The topological polar surface area (TPSA) is 68.4 Å². The van der Waals surface area contributed by atoms with E-state index in [0.29, 0.717) is 11.7 Å². The average Bonchev–Trinajstić information content (AvgIpc) is 3.03. The Labute approximate surface area is 111 Å². The highest BCUT2D eigenvalue weighted by molar-refractivity contribution is 5.39. The first-order chi connectivity index (χ1) is 9.26. The van der Waals surface area contributed by atoms with Crippen LogP contribution in [0.1, 0.15) is 42.3 Å². The van der Waals surface area contributed by atoms with Crippen molar-refractivity contribution in [1.82, 2.24) is 10.1 Å². The normalized spacial score (nSPS) is 17.5. The van der Waals surface area contributed by atoms with E-state index < -0.39 is 0 Å². The molecule has 1 N–H and O–H groups in total. The second-order valence-electron chi connectivity index (χ2n) is 4.66. The number of rotatable bonds is 4. The van der Waals surface area contributed by atoms with E-state index in [9.17, 15) is 5.11 Å². The van der Waals surface area contributed by atoms with E-state index in [1.54, 1.807) is 0 Å². The van der Waals surface area contributed by atoms with Crippen molar-refractivity contribution >= 4 is 0 Å². The lowest BCUT2D eigenvalue weighted by Crippen LogP contribution is -1.97. The lowest BCUT2D eigenvalue weighted by molar-refractivity contribution is 0.180. The van der Waals surface area contributed by atoms with Crippen molar-refractivity contribution in [2.45, 2.75) is 38.9 Å². The molecule has 0 saturated carbocycles. The van der Waals surface area contributed by atoms with Crippen LogP contribution in [0.2, 0.25) is 0 Å². The molecule has 19 heavy (non-hydrogen) atoms. The highest BCUT2D eigenvalue weighted by atomic mass is 16.5. The summed E-state index contributed by atoms with van der Waals surface area (Å²) in [6.45, 7) is 2.25. The van der Waals surface area contributed by atoms with Crippen molar-refractivity contribution < 1.29 is 14.4 Å². The van der Waals surface area contributed by atoms with Crippen LogP contribution in [-0.4, -0.2) is 15.2 Å². The molecule has 0 fully saturated rings. The third-order valence-corrected chi connectivity index (χ3v) is 3.35. The van der Waals surface area contributed by atoms with Gasteiger partial charge in [0, 0.05) is 6.42 Å². The fraction of sp³-hybridized carbons (Fsp3) is 0.429. The molecule has 1 aliphatic rings. The molecule has 1 atom stereocenters. The summed E-state index contributed by atoms with van der Waals surface area (Å²) >= 11 is 0. The molecular weight excluding hydrogens is 244 g/mol. The maximum atomic E-state index is 9.74. The Morgan fingerprint density at radius 3 is 3.16 bits per heavy atom. The fourth-order valence-corrected chi connectivity index (χ4v) is 2.30. The van der Waals surface area contributed by atoms with E-state index in [4.69, 9.17) is 9.26 Å². The summed E-state index contributed by atoms with van der Waals surface area (Å²) in [4.78, 5) is 4.19. The molecule has 2 aromatic rings. The number of aliphatic hydroxyl groups excluding tert-OH is 1. The summed E-state index contributed by atoms with van der Waals surface area (Å²) < 4.78 is 10.7. The molecule has 5 heteroatoms. The smallest absolute Gasteiger partial charge is 0.264 e. The number of fused-ring (bicyclic) bond motifs is 1. The van der Waals surface area contributed by atoms with Crippen LogP contribution in [0, 0.1) is 0 Å². The van der Waals surface area contributed by atoms with Crippen molar-refractivity contribution in [3.63, 3.8) is 0 Å². The number of hydrogen-bond donors (Lipinski definition) is 1. The first-order valence-corrected chi connectivity index (χ1v) is 6.51. The van der Waals surface area contributed by atoms with Crippen LogP contribution < -0.4 is 4.74 Å². The van der Waals surface area contributed by atoms with Gasteiger partial charge in [0.05, 0.1) is 6.10 Å². The summed E-state index contributed by atoms with van der Waals surface area (Å²) in [7, 11) is 0. The number of nitrogens with zero attached hydrogens (tertiary/aromatic N) is 2. The third kappa shape index (κ3) is 2.46. The largest absolute Gasteiger partial charge is 0.484 e. The predicted octanol–water partition coefficient (Wildman–Crippen LogP) is 2.19. The molecule has 0 aliphatic heterocycles. The van der Waals surface area contributed by atoms with Crippen molar-refractivity contribution in [2.24, 2.45) is 0 Å². The number of ether oxygens (including phenoxy) is 1. The highest BCUT2D eigenvalue weighted by Crippen LogP contribution is 2.33. The van der Waals surface area contributed by atoms with E-state index in [-0.39, 0.29) is 12.7 Å². The molecule has 1 aliphatic carbocycles. The second kappa shape index (κ2) is 5.01. The molecule has 1 aromatic heterocycles. The van der Waals surface area contributed by atoms with Crippen molar-refractivity contribution in [2.75, 3.05) is 0 Å². The van der Waals surface area contributed by atoms with Gasteiger partial charge in [0.2, 0.25) is 0 Å². The summed E-state index contributed by atoms with van der Waals surface area (Å²) in [5.74, 6) is 1.94. The molecule has 0 bridgehead atoms. The Kier molecular flexibility index (Phi) is 3.21. The van der Waals surface area contributed by atoms with Gasteiger partial charge in [-0.1, -0.05) is 18.1 Å². The number of hydrogen-bond acceptors (Lipinski definition) is 5. The van der Waals surface area contributed by atoms with Crippen molar-refractivity contribution in [3.8, 4) is 5.75 Å². The number of aliphatic hydroxyl groups is 1. The van der Waals surface area contributed by atoms with Crippen molar-refractivity contribution in [3.05, 3.63) is 41.0 Å². The Morgan fingerprint density at radius 2 is 2.37 bits per heavy atom. The van der Waals surface area contributed by atoms with Gasteiger partial charge in [0.15, 0.2) is 12.4 Å². The van der Waals surface area contributed by atoms with Crippen LogP contribution in [0.15, 0.2) is 22.7 Å². The molecule has 0 radical (unpaired) electrons. The van der Waals surface area contributed by atoms with Gasteiger partial charge in [-0.25, -0.2) is 0 Å². The highest BCUT2D eigenvalue weighted by Gasteiger charge is 2.20. The molecule has 0 spiro atoms. The summed E-state index contributed by atoms with van der Waals surface area (Å²) in [6.07, 6.45) is 2.11. The van der Waals surface area contributed by atoms with E-state index in [2.05, 4.69) is 10.1 Å². The van der Waals surface area contributed by atoms with E-state index in [1.165, 1.54) is 0 Å². The maximum Gasteiger partial charge on any atom is 0.264 e. The number of aryl methyl sites for hydroxylation is 2. The van der Waals surface area contributed by atoms with Gasteiger partial charge >= 0.3 is 0 Å². The monoisotopic (exact) mass is 260 g/mol. The Morgan fingerprint density at radius 1 is 1.47 bits per heavy atom. The minimum Gasteiger partial charge on any atom is -0.484 e. The first-order valence-electron chi connectivity index (χ1n) is 6.51. The lowest BCUT2D eigenvalue weighted by atomic mass is 10.1. The van der Waals surface area contributed by atoms with Crippen LogP contribution in [-0.2, 0) is 19.4 Å². The van der Waals surface area contributed by atoms with Gasteiger partial charge in [0.25, 0.3) is 5.89 Å². The molecule has 5 nitrogen and oxygen atoms in total. The van der Waals surface area contributed by atoms with Gasteiger partial charge in [-0.15, -0.1) is 0 Å². The van der Waals surface area contributed by atoms with Gasteiger partial charge in [-0.3, -0.25) is 0 Å². The summed E-state index contributed by atoms with van der Waals surface area (Å²) in [5, 5.41) is 13.6. The average molecular weight is 260 g/mol. The van der Waals surface area contributed by atoms with Crippen LogP contribution in [0.4, 0.5) is 0 Å². The van der Waals surface area contributed by atoms with Crippen molar-refractivity contribution in [1.29, 1.82) is 0 Å². The minimum absolute atomic E-state index is 0.272. The quantitative estimate of drug-likeness (QED) is 0.912. The maximum absolute atomic E-state index is 9.74. The molecule has 1 unspecified atom stereocenters. The fourth-order valence-electron chi connectivity index (χ4n) is 2.30. The lowest BCUT2D eigenvalue weighted by Gasteiger charge is -2.07.